The lowest BCUT2D eigenvalue weighted by Gasteiger charge is -2.33. The van der Waals surface area contributed by atoms with Gasteiger partial charge >= 0.3 is 5.97 Å². The molecular formula is C18H18O3. The number of ether oxygens (including phenoxy) is 2. The molecule has 0 heterocycles. The van der Waals surface area contributed by atoms with Crippen molar-refractivity contribution in [1.29, 1.82) is 0 Å². The van der Waals surface area contributed by atoms with E-state index in [4.69, 9.17) is 9.47 Å². The third-order valence-corrected chi connectivity index (χ3v) is 3.70. The summed E-state index contributed by atoms with van der Waals surface area (Å²) in [5, 5.41) is 0. The Labute approximate surface area is 124 Å². The van der Waals surface area contributed by atoms with Crippen molar-refractivity contribution in [1.82, 2.24) is 0 Å². The van der Waals surface area contributed by atoms with Crippen molar-refractivity contribution in [3.63, 3.8) is 0 Å². The van der Waals surface area contributed by atoms with Gasteiger partial charge in [-0.15, -0.1) is 0 Å². The fourth-order valence-corrected chi connectivity index (χ4v) is 2.39. The first-order chi connectivity index (χ1) is 10.3. The monoisotopic (exact) mass is 282 g/mol. The average molecular weight is 282 g/mol. The highest BCUT2D eigenvalue weighted by Gasteiger charge is 2.37. The van der Waals surface area contributed by atoms with Crippen LogP contribution in [0.15, 0.2) is 60.7 Å². The molecule has 0 bridgehead atoms. The number of benzene rings is 2. The average Bonchev–Trinajstić information content (AvgIpc) is 2.50. The lowest BCUT2D eigenvalue weighted by Crippen LogP contribution is -2.39. The second kappa shape index (κ2) is 6.44. The Morgan fingerprint density at radius 2 is 1.57 bits per heavy atom. The van der Waals surface area contributed by atoms with Crippen molar-refractivity contribution in [3.05, 3.63) is 66.2 Å². The molecule has 1 saturated carbocycles. The van der Waals surface area contributed by atoms with E-state index in [2.05, 4.69) is 0 Å². The van der Waals surface area contributed by atoms with Gasteiger partial charge in [-0.25, -0.2) is 0 Å². The van der Waals surface area contributed by atoms with Gasteiger partial charge in [0.2, 0.25) is 0 Å². The molecule has 3 nitrogen and oxygen atoms in total. The van der Waals surface area contributed by atoms with Crippen molar-refractivity contribution in [2.24, 2.45) is 5.92 Å². The first-order valence-corrected chi connectivity index (χ1v) is 7.23. The third-order valence-electron chi connectivity index (χ3n) is 3.70. The summed E-state index contributed by atoms with van der Waals surface area (Å²) in [5.74, 6) is 0.716. The Kier molecular flexibility index (Phi) is 4.20. The zero-order valence-corrected chi connectivity index (χ0v) is 11.8. The fraction of sp³-hybridized carbons (Fsp3) is 0.278. The van der Waals surface area contributed by atoms with Crippen LogP contribution in [-0.4, -0.2) is 12.1 Å². The molecule has 0 N–H and O–H groups in total. The maximum Gasteiger partial charge on any atom is 0.309 e. The Morgan fingerprint density at radius 1 is 0.952 bits per heavy atom. The second-order valence-electron chi connectivity index (χ2n) is 5.31. The van der Waals surface area contributed by atoms with E-state index in [0.29, 0.717) is 6.61 Å². The maximum absolute atomic E-state index is 11.9. The minimum atomic E-state index is -0.119. The quantitative estimate of drug-likeness (QED) is 0.786. The summed E-state index contributed by atoms with van der Waals surface area (Å²) in [6.45, 7) is 0.348. The van der Waals surface area contributed by atoms with Crippen LogP contribution in [0.2, 0.25) is 0 Å². The van der Waals surface area contributed by atoms with Crippen LogP contribution in [-0.2, 0) is 16.1 Å². The molecule has 3 heteroatoms. The van der Waals surface area contributed by atoms with Gasteiger partial charge in [0.15, 0.2) is 0 Å². The molecule has 0 unspecified atom stereocenters. The fourth-order valence-electron chi connectivity index (χ4n) is 2.39. The number of rotatable bonds is 5. The molecule has 0 radical (unpaired) electrons. The van der Waals surface area contributed by atoms with Crippen molar-refractivity contribution < 1.29 is 14.3 Å². The van der Waals surface area contributed by atoms with E-state index in [1.54, 1.807) is 0 Å². The number of esters is 1. The van der Waals surface area contributed by atoms with Crippen LogP contribution in [0.5, 0.6) is 5.75 Å². The Bertz CT molecular complexity index is 574. The van der Waals surface area contributed by atoms with Crippen molar-refractivity contribution in [2.75, 3.05) is 0 Å². The van der Waals surface area contributed by atoms with Crippen molar-refractivity contribution in [3.8, 4) is 5.75 Å². The number of para-hydroxylation sites is 1. The minimum Gasteiger partial charge on any atom is -0.490 e. The van der Waals surface area contributed by atoms with Gasteiger partial charge < -0.3 is 9.47 Å². The summed E-state index contributed by atoms with van der Waals surface area (Å²) in [5.41, 5.74) is 1.02. The number of carbonyl (C=O) groups is 1. The molecule has 1 fully saturated rings. The standard InChI is InChI=1S/C18H18O3/c19-18(20-13-14-7-3-1-4-8-14)15-11-17(12-15)21-16-9-5-2-6-10-16/h1-10,15,17H,11-13H2. The Hall–Kier alpha value is -2.29. The molecule has 0 spiro atoms. The predicted octanol–water partition coefficient (Wildman–Crippen LogP) is 3.59. The highest BCUT2D eigenvalue weighted by molar-refractivity contribution is 5.73. The molecule has 0 aliphatic heterocycles. The summed E-state index contributed by atoms with van der Waals surface area (Å²) in [7, 11) is 0. The lowest BCUT2D eigenvalue weighted by atomic mass is 9.82. The summed E-state index contributed by atoms with van der Waals surface area (Å²) < 4.78 is 11.1. The van der Waals surface area contributed by atoms with Gasteiger partial charge in [0.25, 0.3) is 0 Å². The Morgan fingerprint density at radius 3 is 2.24 bits per heavy atom. The van der Waals surface area contributed by atoms with Crippen LogP contribution in [0.25, 0.3) is 0 Å². The SMILES string of the molecule is O=C(OCc1ccccc1)C1CC(Oc2ccccc2)C1. The third kappa shape index (κ3) is 3.63. The Balaban J connectivity index is 1.40. The minimum absolute atomic E-state index is 0.0255. The van der Waals surface area contributed by atoms with E-state index in [1.807, 2.05) is 60.7 Å². The largest absolute Gasteiger partial charge is 0.490 e. The number of hydrogen-bond donors (Lipinski definition) is 0. The summed E-state index contributed by atoms with van der Waals surface area (Å²) in [6.07, 6.45) is 1.60. The highest BCUT2D eigenvalue weighted by atomic mass is 16.5. The molecular weight excluding hydrogens is 264 g/mol. The van der Waals surface area contributed by atoms with E-state index >= 15 is 0 Å². The molecule has 2 aromatic carbocycles. The first kappa shape index (κ1) is 13.7. The normalized spacial score (nSPS) is 20.4. The van der Waals surface area contributed by atoms with E-state index < -0.39 is 0 Å². The molecule has 3 rings (SSSR count). The summed E-state index contributed by atoms with van der Waals surface area (Å²) in [6, 6.07) is 19.4. The molecule has 108 valence electrons. The number of carbonyl (C=O) groups excluding carboxylic acids is 1. The van der Waals surface area contributed by atoms with Gasteiger partial charge in [0.1, 0.15) is 18.5 Å². The zero-order valence-electron chi connectivity index (χ0n) is 11.8. The molecule has 0 atom stereocenters. The van der Waals surface area contributed by atoms with Gasteiger partial charge in [-0.2, -0.15) is 0 Å². The van der Waals surface area contributed by atoms with Gasteiger partial charge in [-0.3, -0.25) is 4.79 Å². The highest BCUT2D eigenvalue weighted by Crippen LogP contribution is 2.32. The van der Waals surface area contributed by atoms with Gasteiger partial charge in [0, 0.05) is 0 Å². The van der Waals surface area contributed by atoms with E-state index in [9.17, 15) is 4.79 Å². The molecule has 1 aliphatic carbocycles. The van der Waals surface area contributed by atoms with Crippen molar-refractivity contribution >= 4 is 5.97 Å². The van der Waals surface area contributed by atoms with E-state index in [-0.39, 0.29) is 18.0 Å². The van der Waals surface area contributed by atoms with Crippen LogP contribution in [0.4, 0.5) is 0 Å². The first-order valence-electron chi connectivity index (χ1n) is 7.23. The molecule has 0 aromatic heterocycles. The molecule has 21 heavy (non-hydrogen) atoms. The van der Waals surface area contributed by atoms with Crippen LogP contribution in [0, 0.1) is 5.92 Å². The van der Waals surface area contributed by atoms with E-state index in [1.165, 1.54) is 0 Å². The predicted molar refractivity (Wildman–Crippen MR) is 79.8 cm³/mol. The van der Waals surface area contributed by atoms with E-state index in [0.717, 1.165) is 24.2 Å². The van der Waals surface area contributed by atoms with Gasteiger partial charge in [-0.05, 0) is 30.5 Å². The second-order valence-corrected chi connectivity index (χ2v) is 5.31. The van der Waals surface area contributed by atoms with Gasteiger partial charge in [0.05, 0.1) is 5.92 Å². The molecule has 0 saturated heterocycles. The van der Waals surface area contributed by atoms with Crippen LogP contribution < -0.4 is 4.74 Å². The van der Waals surface area contributed by atoms with Crippen LogP contribution in [0.1, 0.15) is 18.4 Å². The van der Waals surface area contributed by atoms with Crippen LogP contribution >= 0.6 is 0 Å². The number of hydrogen-bond acceptors (Lipinski definition) is 3. The summed E-state index contributed by atoms with van der Waals surface area (Å²) >= 11 is 0. The van der Waals surface area contributed by atoms with Crippen LogP contribution in [0.3, 0.4) is 0 Å². The zero-order chi connectivity index (χ0) is 14.5. The summed E-state index contributed by atoms with van der Waals surface area (Å²) in [4.78, 5) is 11.9. The smallest absolute Gasteiger partial charge is 0.309 e. The topological polar surface area (TPSA) is 35.5 Å². The maximum atomic E-state index is 11.9. The molecule has 2 aromatic rings. The lowest BCUT2D eigenvalue weighted by molar-refractivity contribution is -0.156. The molecule has 1 aliphatic rings. The molecule has 0 amide bonds. The van der Waals surface area contributed by atoms with Crippen molar-refractivity contribution in [2.45, 2.75) is 25.6 Å². The van der Waals surface area contributed by atoms with Gasteiger partial charge in [-0.1, -0.05) is 48.5 Å².